The van der Waals surface area contributed by atoms with Crippen LogP contribution >= 0.6 is 34.2 Å². The minimum atomic E-state index is -0.855. The lowest BCUT2D eigenvalue weighted by molar-refractivity contribution is -0.137. The van der Waals surface area contributed by atoms with Crippen LogP contribution in [-0.2, 0) is 9.59 Å². The molecule has 1 saturated heterocycles. The van der Waals surface area contributed by atoms with Gasteiger partial charge in [-0.25, -0.2) is 0 Å². The van der Waals surface area contributed by atoms with Crippen molar-refractivity contribution in [3.8, 4) is 0 Å². The molecule has 1 aliphatic rings. The van der Waals surface area contributed by atoms with E-state index in [1.165, 1.54) is 0 Å². The van der Waals surface area contributed by atoms with E-state index in [2.05, 4.69) is 27.9 Å². The summed E-state index contributed by atoms with van der Waals surface area (Å²) in [5, 5.41) is 3.42. The number of halogens is 2. The van der Waals surface area contributed by atoms with Crippen molar-refractivity contribution in [2.75, 3.05) is 4.90 Å². The molecule has 1 aromatic rings. The van der Waals surface area contributed by atoms with E-state index in [0.717, 1.165) is 9.26 Å². The summed E-state index contributed by atoms with van der Waals surface area (Å²) in [6, 6.07) is 4.77. The maximum atomic E-state index is 12.7. The number of nitrogens with one attached hydrogen (secondary N) is 1. The second-order valence-electron chi connectivity index (χ2n) is 5.12. The Morgan fingerprint density at radius 2 is 2.10 bits per heavy atom. The normalized spacial score (nSPS) is 26.6. The van der Waals surface area contributed by atoms with Gasteiger partial charge in [-0.3, -0.25) is 14.5 Å². The van der Waals surface area contributed by atoms with Gasteiger partial charge in [0.15, 0.2) is 0 Å². The average Bonchev–Trinajstić information content (AvgIpc) is 2.39. The second kappa shape index (κ2) is 5.52. The number of nitrogens with zero attached hydrogens (tertiary/aromatic N) is 1. The topological polar surface area (TPSA) is 49.4 Å². The van der Waals surface area contributed by atoms with Crippen LogP contribution in [0, 0.1) is 3.57 Å². The molecule has 2 amide bonds. The van der Waals surface area contributed by atoms with E-state index in [0.29, 0.717) is 11.4 Å². The van der Waals surface area contributed by atoms with Crippen LogP contribution in [-0.4, -0.2) is 23.4 Å². The van der Waals surface area contributed by atoms with E-state index in [1.54, 1.807) is 36.9 Å². The molecular weight excluding hydrogens is 391 g/mol. The molecule has 0 saturated carbocycles. The Morgan fingerprint density at radius 1 is 1.45 bits per heavy atom. The fourth-order valence-corrected chi connectivity index (χ4v) is 3.35. The van der Waals surface area contributed by atoms with Gasteiger partial charge in [0.05, 0.1) is 5.69 Å². The van der Waals surface area contributed by atoms with E-state index in [1.807, 2.05) is 6.92 Å². The Balaban J connectivity index is 2.51. The van der Waals surface area contributed by atoms with Crippen LogP contribution in [0.4, 0.5) is 5.69 Å². The van der Waals surface area contributed by atoms with Gasteiger partial charge >= 0.3 is 0 Å². The zero-order valence-electron chi connectivity index (χ0n) is 11.5. The summed E-state index contributed by atoms with van der Waals surface area (Å²) < 4.78 is 0.850. The number of hydrogen-bond donors (Lipinski definition) is 1. The average molecular weight is 407 g/mol. The van der Waals surface area contributed by atoms with Gasteiger partial charge in [-0.2, -0.15) is 0 Å². The molecule has 0 aromatic heterocycles. The van der Waals surface area contributed by atoms with Crippen molar-refractivity contribution in [2.45, 2.75) is 38.8 Å². The first kappa shape index (κ1) is 15.6. The van der Waals surface area contributed by atoms with Crippen LogP contribution in [0.5, 0.6) is 0 Å². The minimum absolute atomic E-state index is 0.0904. The Morgan fingerprint density at radius 3 is 2.65 bits per heavy atom. The number of hydrogen-bond acceptors (Lipinski definition) is 2. The Bertz CT molecular complexity index is 578. The van der Waals surface area contributed by atoms with Crippen LogP contribution < -0.4 is 10.2 Å². The van der Waals surface area contributed by atoms with Crippen LogP contribution in [0.2, 0.25) is 5.02 Å². The number of rotatable bonds is 2. The second-order valence-corrected chi connectivity index (χ2v) is 6.72. The first-order valence-corrected chi connectivity index (χ1v) is 7.86. The third-order valence-corrected chi connectivity index (χ3v) is 4.83. The molecule has 1 aliphatic heterocycles. The SMILES string of the molecule is CCC1(C)NC(=O)C(C)N(c2ccc(Cl)cc2I)C1=O. The molecule has 0 bridgehead atoms. The fraction of sp³-hybridized carbons (Fsp3) is 0.429. The molecule has 2 rings (SSSR count). The standard InChI is InChI=1S/C14H16ClIN2O2/c1-4-14(3)13(20)18(8(2)12(19)17-14)11-6-5-9(15)7-10(11)16/h5-8H,4H2,1-3H3,(H,17,19). The van der Waals surface area contributed by atoms with Gasteiger partial charge in [-0.15, -0.1) is 0 Å². The molecule has 2 atom stereocenters. The van der Waals surface area contributed by atoms with Crippen molar-refractivity contribution in [3.63, 3.8) is 0 Å². The third kappa shape index (κ3) is 2.53. The van der Waals surface area contributed by atoms with Crippen LogP contribution in [0.25, 0.3) is 0 Å². The molecule has 1 heterocycles. The predicted molar refractivity (Wildman–Crippen MR) is 88.0 cm³/mol. The van der Waals surface area contributed by atoms with Crippen LogP contribution in [0.3, 0.4) is 0 Å². The number of amides is 2. The lowest BCUT2D eigenvalue weighted by Gasteiger charge is -2.43. The summed E-state index contributed by atoms with van der Waals surface area (Å²) in [6.45, 7) is 5.38. The van der Waals surface area contributed by atoms with Crippen molar-refractivity contribution in [2.24, 2.45) is 0 Å². The van der Waals surface area contributed by atoms with E-state index >= 15 is 0 Å². The molecule has 108 valence electrons. The van der Waals surface area contributed by atoms with Gasteiger partial charge in [-0.1, -0.05) is 18.5 Å². The fourth-order valence-electron chi connectivity index (χ4n) is 2.22. The Labute approximate surface area is 137 Å². The highest BCUT2D eigenvalue weighted by molar-refractivity contribution is 14.1. The molecule has 6 heteroatoms. The number of carbonyl (C=O) groups excluding carboxylic acids is 2. The Hall–Kier alpha value is -0.820. The highest BCUT2D eigenvalue weighted by Gasteiger charge is 2.46. The molecule has 0 radical (unpaired) electrons. The largest absolute Gasteiger partial charge is 0.340 e. The van der Waals surface area contributed by atoms with Crippen molar-refractivity contribution >= 4 is 51.7 Å². The first-order chi connectivity index (χ1) is 9.30. The number of carbonyl (C=O) groups is 2. The molecule has 1 aromatic carbocycles. The minimum Gasteiger partial charge on any atom is -0.340 e. The van der Waals surface area contributed by atoms with Gasteiger partial charge in [0.1, 0.15) is 11.6 Å². The van der Waals surface area contributed by atoms with Crippen molar-refractivity contribution in [1.82, 2.24) is 5.32 Å². The lowest BCUT2D eigenvalue weighted by atomic mass is 9.92. The smallest absolute Gasteiger partial charge is 0.253 e. The predicted octanol–water partition coefficient (Wildman–Crippen LogP) is 2.96. The molecule has 0 aliphatic carbocycles. The van der Waals surface area contributed by atoms with Gasteiger partial charge < -0.3 is 5.32 Å². The number of benzene rings is 1. The third-order valence-electron chi connectivity index (χ3n) is 3.73. The summed E-state index contributed by atoms with van der Waals surface area (Å²) in [5.74, 6) is -0.230. The number of anilines is 1. The Kier molecular flexibility index (Phi) is 4.30. The van der Waals surface area contributed by atoms with E-state index in [4.69, 9.17) is 11.6 Å². The van der Waals surface area contributed by atoms with Gasteiger partial charge in [0, 0.05) is 8.59 Å². The summed E-state index contributed by atoms with van der Waals surface area (Å²) in [4.78, 5) is 26.5. The first-order valence-electron chi connectivity index (χ1n) is 6.41. The molecular formula is C14H16ClIN2O2. The molecule has 1 fully saturated rings. The van der Waals surface area contributed by atoms with Gasteiger partial charge in [0.2, 0.25) is 5.91 Å². The molecule has 2 unspecified atom stereocenters. The van der Waals surface area contributed by atoms with Crippen LogP contribution in [0.1, 0.15) is 27.2 Å². The van der Waals surface area contributed by atoms with Crippen molar-refractivity contribution < 1.29 is 9.59 Å². The van der Waals surface area contributed by atoms with E-state index < -0.39 is 11.6 Å². The molecule has 20 heavy (non-hydrogen) atoms. The number of piperazine rings is 1. The summed E-state index contributed by atoms with van der Waals surface area (Å²) >= 11 is 8.08. The van der Waals surface area contributed by atoms with Gasteiger partial charge in [0.25, 0.3) is 5.91 Å². The van der Waals surface area contributed by atoms with Crippen LogP contribution in [0.15, 0.2) is 18.2 Å². The highest BCUT2D eigenvalue weighted by atomic mass is 127. The summed E-state index contributed by atoms with van der Waals surface area (Å²) in [6.07, 6.45) is 0.547. The molecule has 4 nitrogen and oxygen atoms in total. The lowest BCUT2D eigenvalue weighted by Crippen LogP contribution is -2.68. The van der Waals surface area contributed by atoms with Gasteiger partial charge in [-0.05, 0) is 61.1 Å². The zero-order chi connectivity index (χ0) is 15.1. The summed E-state index contributed by atoms with van der Waals surface area (Å²) in [7, 11) is 0. The monoisotopic (exact) mass is 406 g/mol. The van der Waals surface area contributed by atoms with E-state index in [9.17, 15) is 9.59 Å². The molecule has 0 spiro atoms. The zero-order valence-corrected chi connectivity index (χ0v) is 14.4. The summed E-state index contributed by atoms with van der Waals surface area (Å²) in [5.41, 5.74) is -0.131. The van der Waals surface area contributed by atoms with Crippen molar-refractivity contribution in [1.29, 1.82) is 0 Å². The van der Waals surface area contributed by atoms with E-state index in [-0.39, 0.29) is 11.8 Å². The van der Waals surface area contributed by atoms with Crippen molar-refractivity contribution in [3.05, 3.63) is 26.8 Å². The highest BCUT2D eigenvalue weighted by Crippen LogP contribution is 2.32. The maximum Gasteiger partial charge on any atom is 0.253 e. The maximum absolute atomic E-state index is 12.7. The molecule has 1 N–H and O–H groups in total. The quantitative estimate of drug-likeness (QED) is 0.768.